The molecule has 0 bridgehead atoms. The maximum Gasteiger partial charge on any atom is 0.326 e. The van der Waals surface area contributed by atoms with Crippen LogP contribution in [0.4, 0.5) is 0 Å². The van der Waals surface area contributed by atoms with Crippen LogP contribution in [0.15, 0.2) is 22.5 Å². The molecular weight excluding hydrogens is 825 g/mol. The van der Waals surface area contributed by atoms with Crippen molar-refractivity contribution in [2.24, 2.45) is 50.3 Å². The zero-order chi connectivity index (χ0) is 47.1. The summed E-state index contributed by atoms with van der Waals surface area (Å²) in [6.45, 7) is 3.30. The molecule has 63 heavy (non-hydrogen) atoms. The Labute approximate surface area is 366 Å². The number of aliphatic hydroxyl groups is 1. The molecular formula is C38H68N16O9. The first-order valence-corrected chi connectivity index (χ1v) is 21.1. The number of H-pyrrole nitrogens is 1. The molecule has 1 aromatic rings. The van der Waals surface area contributed by atoms with E-state index >= 15 is 0 Å². The molecule has 1 saturated heterocycles. The number of likely N-dealkylation sites (tertiary alicyclic amines) is 1. The van der Waals surface area contributed by atoms with E-state index in [0.717, 1.165) is 0 Å². The number of nitrogens with zero attached hydrogens (tertiary/aromatic N) is 4. The first-order chi connectivity index (χ1) is 29.9. The summed E-state index contributed by atoms with van der Waals surface area (Å²) in [6.07, 6.45) is 5.71. The van der Waals surface area contributed by atoms with Crippen molar-refractivity contribution in [1.29, 1.82) is 0 Å². The first-order valence-electron chi connectivity index (χ1n) is 21.1. The quantitative estimate of drug-likeness (QED) is 0.0204. The number of carboxylic acid groups (broad SMARTS) is 1. The molecule has 1 aromatic heterocycles. The molecule has 2 rings (SSSR count). The molecule has 1 fully saturated rings. The van der Waals surface area contributed by atoms with Crippen LogP contribution in [0.3, 0.4) is 0 Å². The van der Waals surface area contributed by atoms with Gasteiger partial charge in [-0.25, -0.2) is 9.78 Å². The third-order valence-electron chi connectivity index (χ3n) is 10.5. The lowest BCUT2D eigenvalue weighted by Crippen LogP contribution is -2.60. The van der Waals surface area contributed by atoms with Crippen LogP contribution in [0.2, 0.25) is 0 Å². The molecule has 25 nitrogen and oxygen atoms in total. The number of hydrogen-bond donors (Lipinski definition) is 14. The molecule has 1 aliphatic heterocycles. The summed E-state index contributed by atoms with van der Waals surface area (Å²) in [5, 5.41) is 32.5. The van der Waals surface area contributed by atoms with E-state index in [2.05, 4.69) is 46.5 Å². The molecule has 354 valence electrons. The minimum Gasteiger partial charge on any atom is -0.480 e. The molecule has 8 atom stereocenters. The third-order valence-corrected chi connectivity index (χ3v) is 10.5. The van der Waals surface area contributed by atoms with Gasteiger partial charge in [-0.15, -0.1) is 0 Å². The topological polar surface area (TPSA) is 433 Å². The van der Waals surface area contributed by atoms with Gasteiger partial charge in [0.1, 0.15) is 36.3 Å². The minimum atomic E-state index is -1.58. The fraction of sp³-hybridized carbons (Fsp3) is 0.684. The molecule has 0 aromatic carbocycles. The number of rotatable bonds is 29. The number of unbranched alkanes of at least 4 members (excludes halogenated alkanes) is 1. The number of aromatic nitrogens is 2. The fourth-order valence-corrected chi connectivity index (χ4v) is 6.72. The highest BCUT2D eigenvalue weighted by Crippen LogP contribution is 2.21. The number of aromatic amines is 1. The van der Waals surface area contributed by atoms with E-state index in [1.165, 1.54) is 17.4 Å². The highest BCUT2D eigenvalue weighted by atomic mass is 16.4. The summed E-state index contributed by atoms with van der Waals surface area (Å²) in [5.74, 6) is -6.49. The summed E-state index contributed by atoms with van der Waals surface area (Å²) in [4.78, 5) is 110. The Morgan fingerprint density at radius 2 is 1.41 bits per heavy atom. The molecule has 20 N–H and O–H groups in total. The lowest BCUT2D eigenvalue weighted by molar-refractivity contribution is -0.144. The maximum atomic E-state index is 14.4. The number of guanidine groups is 2. The van der Waals surface area contributed by atoms with Crippen LogP contribution in [0.1, 0.15) is 83.7 Å². The monoisotopic (exact) mass is 893 g/mol. The van der Waals surface area contributed by atoms with Crippen molar-refractivity contribution in [3.05, 3.63) is 18.2 Å². The van der Waals surface area contributed by atoms with Crippen molar-refractivity contribution >= 4 is 53.3 Å². The molecule has 0 saturated carbocycles. The second-order valence-electron chi connectivity index (χ2n) is 15.4. The number of aliphatic imine (C=N–C) groups is 2. The number of nitrogens with two attached hydrogens (primary N) is 6. The van der Waals surface area contributed by atoms with Crippen molar-refractivity contribution in [2.45, 2.75) is 127 Å². The number of aliphatic carboxylic acids is 1. The Kier molecular flexibility index (Phi) is 23.4. The van der Waals surface area contributed by atoms with E-state index in [1.807, 2.05) is 0 Å². The third kappa shape index (κ3) is 18.4. The first kappa shape index (κ1) is 53.1. The van der Waals surface area contributed by atoms with Gasteiger partial charge in [0.2, 0.25) is 35.4 Å². The SMILES string of the molecule is CC[C@H](C)[C@H](NC(=O)[C@H](CO)NC(=O)[C@H](Cc1cnc[nH]1)NC(=O)[C@@H]1CCCN1C(=O)[C@H](CCCN=C(N)N)NC(=O)[C@H](CCCCN)NC(=O)[C@@H](N)CCCN=C(N)N)C(=O)O. The summed E-state index contributed by atoms with van der Waals surface area (Å²) >= 11 is 0. The van der Waals surface area contributed by atoms with E-state index in [-0.39, 0.29) is 70.1 Å². The van der Waals surface area contributed by atoms with Crippen LogP contribution in [-0.2, 0) is 40.0 Å². The predicted octanol–water partition coefficient (Wildman–Crippen LogP) is -4.95. The van der Waals surface area contributed by atoms with Gasteiger partial charge in [-0.1, -0.05) is 20.3 Å². The fourth-order valence-electron chi connectivity index (χ4n) is 6.72. The molecule has 25 heteroatoms. The average molecular weight is 893 g/mol. The zero-order valence-electron chi connectivity index (χ0n) is 36.1. The van der Waals surface area contributed by atoms with Crippen LogP contribution in [0.5, 0.6) is 0 Å². The van der Waals surface area contributed by atoms with Crippen LogP contribution < -0.4 is 61.0 Å². The Morgan fingerprint density at radius 1 is 0.825 bits per heavy atom. The van der Waals surface area contributed by atoms with Crippen molar-refractivity contribution in [2.75, 3.05) is 32.8 Å². The van der Waals surface area contributed by atoms with Crippen molar-refractivity contribution in [3.63, 3.8) is 0 Å². The van der Waals surface area contributed by atoms with Crippen LogP contribution in [-0.4, -0.2) is 153 Å². The average Bonchev–Trinajstić information content (AvgIpc) is 3.96. The molecule has 0 radical (unpaired) electrons. The van der Waals surface area contributed by atoms with E-state index in [4.69, 9.17) is 34.4 Å². The summed E-state index contributed by atoms with van der Waals surface area (Å²) in [6, 6.07) is -8.64. The van der Waals surface area contributed by atoms with Gasteiger partial charge >= 0.3 is 5.97 Å². The van der Waals surface area contributed by atoms with E-state index in [0.29, 0.717) is 44.3 Å². The van der Waals surface area contributed by atoms with E-state index < -0.39 is 96.2 Å². The van der Waals surface area contributed by atoms with Crippen molar-refractivity contribution < 1.29 is 43.8 Å². The lowest BCUT2D eigenvalue weighted by Gasteiger charge is -2.31. The van der Waals surface area contributed by atoms with Gasteiger partial charge in [0.25, 0.3) is 0 Å². The standard InChI is InChI=1S/C38H68N16O9/c1-3-21(2)29(36(62)63)53-33(59)27(19-55)52-32(58)26(17-22-18-45-20-48-22)51-34(60)28-12-8-16-54(28)35(61)25(11-7-15-47-38(43)44)50-31(57)24(10-4-5-13-39)49-30(56)23(40)9-6-14-46-37(41)42/h18,20-21,23-29,55H,3-17,19,39-40H2,1-2H3,(H,45,48)(H,49,56)(H,50,57)(H,51,60)(H,52,58)(H,53,59)(H,62,63)(H4,41,42,46)(H4,43,44,47)/t21-,23-,24-,25-,26-,27-,28-,29-/m0/s1. The molecule has 0 spiro atoms. The van der Waals surface area contributed by atoms with Gasteiger partial charge in [-0.05, 0) is 70.3 Å². The number of carboxylic acids is 1. The smallest absolute Gasteiger partial charge is 0.326 e. The van der Waals surface area contributed by atoms with Gasteiger partial charge in [0.15, 0.2) is 11.9 Å². The van der Waals surface area contributed by atoms with Crippen LogP contribution >= 0.6 is 0 Å². The summed E-state index contributed by atoms with van der Waals surface area (Å²) < 4.78 is 0. The largest absolute Gasteiger partial charge is 0.480 e. The second-order valence-corrected chi connectivity index (χ2v) is 15.4. The Morgan fingerprint density at radius 3 is 1.98 bits per heavy atom. The van der Waals surface area contributed by atoms with Gasteiger partial charge < -0.3 is 81.1 Å². The Hall–Kier alpha value is -6.08. The van der Waals surface area contributed by atoms with Gasteiger partial charge in [-0.3, -0.25) is 38.8 Å². The Bertz CT molecular complexity index is 1700. The summed E-state index contributed by atoms with van der Waals surface area (Å²) in [7, 11) is 0. The van der Waals surface area contributed by atoms with Crippen LogP contribution in [0.25, 0.3) is 0 Å². The number of imidazole rings is 1. The normalized spacial score (nSPS) is 16.8. The van der Waals surface area contributed by atoms with Crippen molar-refractivity contribution in [3.8, 4) is 0 Å². The maximum absolute atomic E-state index is 14.4. The van der Waals surface area contributed by atoms with E-state index in [1.54, 1.807) is 13.8 Å². The molecule has 6 amide bonds. The van der Waals surface area contributed by atoms with Gasteiger partial charge in [0, 0.05) is 37.9 Å². The number of hydrogen-bond acceptors (Lipinski definition) is 13. The number of carbonyl (C=O) groups excluding carboxylic acids is 6. The predicted molar refractivity (Wildman–Crippen MR) is 232 cm³/mol. The zero-order valence-corrected chi connectivity index (χ0v) is 36.1. The van der Waals surface area contributed by atoms with Gasteiger partial charge in [-0.2, -0.15) is 0 Å². The van der Waals surface area contributed by atoms with Gasteiger partial charge in [0.05, 0.1) is 19.0 Å². The Balaban J connectivity index is 2.33. The molecule has 0 unspecified atom stereocenters. The van der Waals surface area contributed by atoms with Crippen LogP contribution in [0, 0.1) is 5.92 Å². The highest BCUT2D eigenvalue weighted by Gasteiger charge is 2.40. The number of aliphatic hydroxyl groups excluding tert-OH is 1. The molecule has 1 aliphatic rings. The molecule has 0 aliphatic carbocycles. The minimum absolute atomic E-state index is 0.0369. The van der Waals surface area contributed by atoms with E-state index in [9.17, 15) is 43.8 Å². The second kappa shape index (κ2) is 27.8. The molecule has 2 heterocycles. The highest BCUT2D eigenvalue weighted by molar-refractivity contribution is 5.97. The van der Waals surface area contributed by atoms with Crippen molar-refractivity contribution in [1.82, 2.24) is 41.5 Å². The number of nitrogens with one attached hydrogen (secondary N) is 6. The number of carbonyl (C=O) groups is 7. The summed E-state index contributed by atoms with van der Waals surface area (Å²) in [5.41, 5.74) is 33.9. The number of amides is 6. The lowest BCUT2D eigenvalue weighted by atomic mass is 9.99.